The molecule has 20 heavy (non-hydrogen) atoms. The highest BCUT2D eigenvalue weighted by atomic mass is 35.5. The van der Waals surface area contributed by atoms with Gasteiger partial charge in [-0.2, -0.15) is 0 Å². The fourth-order valence-corrected chi connectivity index (χ4v) is 2.15. The van der Waals surface area contributed by atoms with Crippen molar-refractivity contribution < 1.29 is 4.74 Å². The molecule has 0 saturated heterocycles. The summed E-state index contributed by atoms with van der Waals surface area (Å²) in [6.07, 6.45) is 1.65. The second-order valence-electron chi connectivity index (χ2n) is 4.86. The van der Waals surface area contributed by atoms with Crippen LogP contribution in [0.2, 0.25) is 5.02 Å². The summed E-state index contributed by atoms with van der Waals surface area (Å²) in [4.78, 5) is 8.72. The van der Waals surface area contributed by atoms with Crippen LogP contribution in [0.15, 0.2) is 24.4 Å². The third-order valence-corrected chi connectivity index (χ3v) is 3.35. The first-order chi connectivity index (χ1) is 9.51. The summed E-state index contributed by atoms with van der Waals surface area (Å²) in [6.45, 7) is 6.04. The minimum absolute atomic E-state index is 0.244. The maximum atomic E-state index is 6.16. The van der Waals surface area contributed by atoms with Crippen LogP contribution in [0.5, 0.6) is 11.5 Å². The number of rotatable bonds is 4. The smallest absolute Gasteiger partial charge is 0.168 e. The van der Waals surface area contributed by atoms with E-state index in [1.807, 2.05) is 39.0 Å². The molecule has 0 aliphatic heterocycles. The molecule has 0 bridgehead atoms. The Hall–Kier alpha value is -1.32. The molecule has 0 fully saturated rings. The van der Waals surface area contributed by atoms with Crippen molar-refractivity contribution in [2.45, 2.75) is 32.6 Å². The number of ether oxygens (including phenoxy) is 1. The summed E-state index contributed by atoms with van der Waals surface area (Å²) in [7, 11) is 0. The summed E-state index contributed by atoms with van der Waals surface area (Å²) in [5.41, 5.74) is 1.74. The van der Waals surface area contributed by atoms with Crippen molar-refractivity contribution in [1.82, 2.24) is 9.97 Å². The van der Waals surface area contributed by atoms with E-state index in [2.05, 4.69) is 9.97 Å². The van der Waals surface area contributed by atoms with Gasteiger partial charge in [0.05, 0.1) is 17.1 Å². The van der Waals surface area contributed by atoms with E-state index in [0.29, 0.717) is 22.2 Å². The second-order valence-corrected chi connectivity index (χ2v) is 5.54. The van der Waals surface area contributed by atoms with Crippen molar-refractivity contribution >= 4 is 23.2 Å². The van der Waals surface area contributed by atoms with Gasteiger partial charge in [0.2, 0.25) is 0 Å². The van der Waals surface area contributed by atoms with Gasteiger partial charge in [0.15, 0.2) is 5.75 Å². The third kappa shape index (κ3) is 3.41. The van der Waals surface area contributed by atoms with Gasteiger partial charge < -0.3 is 4.74 Å². The van der Waals surface area contributed by atoms with Crippen molar-refractivity contribution in [1.29, 1.82) is 0 Å². The zero-order valence-corrected chi connectivity index (χ0v) is 13.2. The quantitative estimate of drug-likeness (QED) is 0.737. The highest BCUT2D eigenvalue weighted by Crippen LogP contribution is 2.31. The van der Waals surface area contributed by atoms with E-state index in [0.717, 1.165) is 11.4 Å². The predicted molar refractivity (Wildman–Crippen MR) is 81.9 cm³/mol. The number of nitrogens with zero attached hydrogens (tertiary/aromatic N) is 2. The van der Waals surface area contributed by atoms with Crippen molar-refractivity contribution in [3.63, 3.8) is 0 Å². The van der Waals surface area contributed by atoms with Crippen LogP contribution in [0.3, 0.4) is 0 Å². The number of benzene rings is 1. The third-order valence-electron chi connectivity index (χ3n) is 2.80. The molecule has 0 unspecified atom stereocenters. The van der Waals surface area contributed by atoms with Gasteiger partial charge in [-0.1, -0.05) is 31.5 Å². The van der Waals surface area contributed by atoms with Gasteiger partial charge in [-0.3, -0.25) is 0 Å². The maximum Gasteiger partial charge on any atom is 0.168 e. The van der Waals surface area contributed by atoms with Crippen LogP contribution in [-0.2, 0) is 5.88 Å². The van der Waals surface area contributed by atoms with E-state index >= 15 is 0 Å². The molecule has 0 N–H and O–H groups in total. The van der Waals surface area contributed by atoms with Crippen molar-refractivity contribution in [3.8, 4) is 11.5 Å². The number of aryl methyl sites for hydroxylation is 1. The Morgan fingerprint density at radius 3 is 2.60 bits per heavy atom. The number of hydrogen-bond donors (Lipinski definition) is 0. The summed E-state index contributed by atoms with van der Waals surface area (Å²) in [5.74, 6) is 2.37. The summed E-state index contributed by atoms with van der Waals surface area (Å²) < 4.78 is 5.78. The van der Waals surface area contributed by atoms with Gasteiger partial charge in [-0.15, -0.1) is 11.6 Å². The summed E-state index contributed by atoms with van der Waals surface area (Å²) >= 11 is 12.1. The fraction of sp³-hybridized carbons (Fsp3) is 0.333. The zero-order valence-electron chi connectivity index (χ0n) is 11.7. The van der Waals surface area contributed by atoms with Crippen LogP contribution in [-0.4, -0.2) is 9.97 Å². The number of hydrogen-bond acceptors (Lipinski definition) is 3. The average molecular weight is 311 g/mol. The normalized spacial score (nSPS) is 10.9. The van der Waals surface area contributed by atoms with Crippen molar-refractivity contribution in [3.05, 3.63) is 46.5 Å². The van der Waals surface area contributed by atoms with Crippen LogP contribution in [0.25, 0.3) is 0 Å². The largest absolute Gasteiger partial charge is 0.452 e. The van der Waals surface area contributed by atoms with Gasteiger partial charge >= 0.3 is 0 Å². The van der Waals surface area contributed by atoms with Crippen LogP contribution < -0.4 is 4.74 Å². The Balaban J connectivity index is 2.33. The molecule has 1 aromatic carbocycles. The first kappa shape index (κ1) is 15.1. The molecule has 2 rings (SSSR count). The molecule has 0 aliphatic rings. The standard InChI is InChI=1S/C15H16Cl2N2O/c1-9(2)15-18-8-14(12(7-16)19-15)20-13-5-4-10(3)6-11(13)17/h4-6,8-9H,7H2,1-3H3. The monoisotopic (exact) mass is 310 g/mol. The van der Waals surface area contributed by atoms with E-state index in [1.165, 1.54) is 0 Å². The molecule has 0 spiro atoms. The molecule has 106 valence electrons. The molecule has 0 aliphatic carbocycles. The average Bonchev–Trinajstić information content (AvgIpc) is 2.42. The predicted octanol–water partition coefficient (Wildman–Crippen LogP) is 5.09. The maximum absolute atomic E-state index is 6.16. The SMILES string of the molecule is Cc1ccc(Oc2cnc(C(C)C)nc2CCl)c(Cl)c1. The van der Waals surface area contributed by atoms with Crippen molar-refractivity contribution in [2.24, 2.45) is 0 Å². The van der Waals surface area contributed by atoms with Gasteiger partial charge in [0.1, 0.15) is 17.3 Å². The zero-order chi connectivity index (χ0) is 14.7. The molecule has 0 radical (unpaired) electrons. The molecule has 0 atom stereocenters. The molecule has 1 aromatic heterocycles. The van der Waals surface area contributed by atoms with Crippen LogP contribution in [0, 0.1) is 6.92 Å². The van der Waals surface area contributed by atoms with E-state index in [-0.39, 0.29) is 11.8 Å². The van der Waals surface area contributed by atoms with Gasteiger partial charge in [0.25, 0.3) is 0 Å². The molecule has 0 amide bonds. The van der Waals surface area contributed by atoms with Gasteiger partial charge in [-0.25, -0.2) is 9.97 Å². The first-order valence-electron chi connectivity index (χ1n) is 6.37. The molecule has 5 heteroatoms. The Kier molecular flexibility index (Phi) is 4.84. The van der Waals surface area contributed by atoms with E-state index < -0.39 is 0 Å². The number of halogens is 2. The molecule has 2 aromatic rings. The minimum Gasteiger partial charge on any atom is -0.452 e. The second kappa shape index (κ2) is 6.42. The lowest BCUT2D eigenvalue weighted by Gasteiger charge is -2.12. The lowest BCUT2D eigenvalue weighted by molar-refractivity contribution is 0.470. The Labute approximate surface area is 128 Å². The van der Waals surface area contributed by atoms with Gasteiger partial charge in [-0.05, 0) is 24.6 Å². The number of alkyl halides is 1. The Bertz CT molecular complexity index is 615. The highest BCUT2D eigenvalue weighted by molar-refractivity contribution is 6.32. The van der Waals surface area contributed by atoms with E-state index in [1.54, 1.807) is 6.20 Å². The fourth-order valence-electron chi connectivity index (χ4n) is 1.69. The lowest BCUT2D eigenvalue weighted by atomic mass is 10.2. The van der Waals surface area contributed by atoms with E-state index in [4.69, 9.17) is 27.9 Å². The van der Waals surface area contributed by atoms with Crippen LogP contribution >= 0.6 is 23.2 Å². The molecular formula is C15H16Cl2N2O. The first-order valence-corrected chi connectivity index (χ1v) is 7.28. The number of aromatic nitrogens is 2. The molecule has 1 heterocycles. The Morgan fingerprint density at radius 1 is 1.25 bits per heavy atom. The summed E-state index contributed by atoms with van der Waals surface area (Å²) in [6, 6.07) is 5.61. The van der Waals surface area contributed by atoms with E-state index in [9.17, 15) is 0 Å². The molecule has 0 saturated carbocycles. The molecular weight excluding hydrogens is 295 g/mol. The van der Waals surface area contributed by atoms with Gasteiger partial charge in [0, 0.05) is 5.92 Å². The van der Waals surface area contributed by atoms with Crippen LogP contribution in [0.1, 0.15) is 36.8 Å². The topological polar surface area (TPSA) is 35.0 Å². The lowest BCUT2D eigenvalue weighted by Crippen LogP contribution is -2.02. The van der Waals surface area contributed by atoms with Crippen LogP contribution in [0.4, 0.5) is 0 Å². The molecule has 3 nitrogen and oxygen atoms in total. The Morgan fingerprint density at radius 2 is 2.00 bits per heavy atom. The summed E-state index contributed by atoms with van der Waals surface area (Å²) in [5, 5.41) is 0.554. The van der Waals surface area contributed by atoms with Crippen molar-refractivity contribution in [2.75, 3.05) is 0 Å². The highest BCUT2D eigenvalue weighted by Gasteiger charge is 2.12. The minimum atomic E-state index is 0.244.